The average Bonchev–Trinajstić information content (AvgIpc) is 2.49. The van der Waals surface area contributed by atoms with Crippen molar-refractivity contribution < 1.29 is 0 Å². The fourth-order valence-corrected chi connectivity index (χ4v) is 2.36. The molecule has 0 saturated carbocycles. The zero-order valence-electron chi connectivity index (χ0n) is 10.4. The molecule has 0 bridgehead atoms. The highest BCUT2D eigenvalue weighted by molar-refractivity contribution is 8.03. The van der Waals surface area contributed by atoms with Crippen LogP contribution in [0.5, 0.6) is 0 Å². The zero-order chi connectivity index (χ0) is 13.9. The summed E-state index contributed by atoms with van der Waals surface area (Å²) in [6.45, 7) is 0. The van der Waals surface area contributed by atoms with Gasteiger partial charge in [-0.1, -0.05) is 12.1 Å². The van der Waals surface area contributed by atoms with Gasteiger partial charge in [0.15, 0.2) is 0 Å². The molecule has 0 amide bonds. The van der Waals surface area contributed by atoms with E-state index in [4.69, 9.17) is 5.26 Å². The van der Waals surface area contributed by atoms with Crippen molar-refractivity contribution in [2.45, 2.75) is 4.90 Å². The van der Waals surface area contributed by atoms with E-state index in [0.29, 0.717) is 10.9 Å². The number of aromatic nitrogens is 2. The molecule has 3 rings (SSSR count). The second-order valence-electron chi connectivity index (χ2n) is 4.12. The monoisotopic (exact) mass is 279 g/mol. The van der Waals surface area contributed by atoms with Gasteiger partial charge >= 0.3 is 0 Å². The second kappa shape index (κ2) is 5.19. The Balaban J connectivity index is 2.13. The van der Waals surface area contributed by atoms with E-state index in [1.807, 2.05) is 35.7 Å². The molecule has 0 aliphatic rings. The summed E-state index contributed by atoms with van der Waals surface area (Å²) in [6, 6.07) is 14.5. The molecule has 96 valence electrons. The Labute approximate surface area is 119 Å². The number of rotatable bonds is 2. The third-order valence-electron chi connectivity index (χ3n) is 2.94. The van der Waals surface area contributed by atoms with Crippen molar-refractivity contribution in [2.24, 2.45) is 0 Å². The predicted molar refractivity (Wildman–Crippen MR) is 78.8 cm³/mol. The van der Waals surface area contributed by atoms with Gasteiger partial charge in [-0.15, -0.1) is 0 Å². The van der Waals surface area contributed by atoms with E-state index in [-0.39, 0.29) is 5.56 Å². The maximum absolute atomic E-state index is 12.4. The first-order chi connectivity index (χ1) is 9.79. The number of para-hydroxylation sites is 1. The highest BCUT2D eigenvalue weighted by Crippen LogP contribution is 2.18. The number of hydrogen-bond donors (Lipinski definition) is 0. The van der Waals surface area contributed by atoms with Crippen molar-refractivity contribution in [1.82, 2.24) is 9.55 Å². The quantitative estimate of drug-likeness (QED) is 0.534. The van der Waals surface area contributed by atoms with Crippen molar-refractivity contribution in [2.75, 3.05) is 0 Å². The lowest BCUT2D eigenvalue weighted by atomic mass is 10.2. The second-order valence-corrected chi connectivity index (χ2v) is 4.98. The van der Waals surface area contributed by atoms with Gasteiger partial charge < -0.3 is 0 Å². The van der Waals surface area contributed by atoms with E-state index in [9.17, 15) is 4.79 Å². The summed E-state index contributed by atoms with van der Waals surface area (Å²) in [5, 5.41) is 11.2. The van der Waals surface area contributed by atoms with Crippen LogP contribution in [-0.4, -0.2) is 9.55 Å². The number of benzene rings is 2. The van der Waals surface area contributed by atoms with Gasteiger partial charge in [0.25, 0.3) is 5.56 Å². The molecular weight excluding hydrogens is 270 g/mol. The Morgan fingerprint density at radius 2 is 1.85 bits per heavy atom. The molecule has 0 fully saturated rings. The van der Waals surface area contributed by atoms with Crippen LogP contribution in [0.4, 0.5) is 0 Å². The molecule has 5 heteroatoms. The summed E-state index contributed by atoms with van der Waals surface area (Å²) in [6.07, 6.45) is 1.52. The van der Waals surface area contributed by atoms with Crippen molar-refractivity contribution in [3.05, 3.63) is 65.2 Å². The summed E-state index contributed by atoms with van der Waals surface area (Å²) in [7, 11) is 0. The molecule has 0 spiro atoms. The zero-order valence-corrected chi connectivity index (χ0v) is 11.2. The number of nitriles is 1. The fraction of sp³-hybridized carbons (Fsp3) is 0. The van der Waals surface area contributed by atoms with Crippen LogP contribution < -0.4 is 5.56 Å². The summed E-state index contributed by atoms with van der Waals surface area (Å²) in [5.41, 5.74) is 1.32. The van der Waals surface area contributed by atoms with E-state index >= 15 is 0 Å². The summed E-state index contributed by atoms with van der Waals surface area (Å²) < 4.78 is 1.50. The van der Waals surface area contributed by atoms with Gasteiger partial charge in [0.2, 0.25) is 0 Å². The van der Waals surface area contributed by atoms with Gasteiger partial charge in [-0.2, -0.15) is 5.26 Å². The van der Waals surface area contributed by atoms with Crippen LogP contribution in [-0.2, 0) is 0 Å². The van der Waals surface area contributed by atoms with E-state index in [0.717, 1.165) is 22.3 Å². The number of fused-ring (bicyclic) bond motifs is 1. The maximum atomic E-state index is 12.4. The lowest BCUT2D eigenvalue weighted by Crippen LogP contribution is -2.18. The Kier molecular flexibility index (Phi) is 3.23. The molecule has 4 nitrogen and oxygen atoms in total. The first-order valence-electron chi connectivity index (χ1n) is 5.92. The van der Waals surface area contributed by atoms with Crippen LogP contribution in [0.15, 0.2) is 64.5 Å². The van der Waals surface area contributed by atoms with Crippen molar-refractivity contribution in [3.8, 4) is 11.1 Å². The molecule has 0 aliphatic carbocycles. The van der Waals surface area contributed by atoms with Gasteiger partial charge in [0.1, 0.15) is 11.7 Å². The molecule has 0 unspecified atom stereocenters. The van der Waals surface area contributed by atoms with E-state index in [1.54, 1.807) is 18.2 Å². The summed E-state index contributed by atoms with van der Waals surface area (Å²) in [5.74, 6) is 0. The van der Waals surface area contributed by atoms with Crippen LogP contribution in [0.3, 0.4) is 0 Å². The molecule has 0 radical (unpaired) electrons. The van der Waals surface area contributed by atoms with Crippen LogP contribution in [0.2, 0.25) is 0 Å². The van der Waals surface area contributed by atoms with Crippen molar-refractivity contribution in [1.29, 1.82) is 5.26 Å². The molecule has 0 saturated heterocycles. The SMILES string of the molecule is N#CSc1ccc(-n2cnc3ccccc3c2=O)cc1. The first-order valence-corrected chi connectivity index (χ1v) is 6.74. The minimum Gasteiger partial charge on any atom is -0.268 e. The first kappa shape index (κ1) is 12.5. The summed E-state index contributed by atoms with van der Waals surface area (Å²) in [4.78, 5) is 17.5. The molecule has 20 heavy (non-hydrogen) atoms. The lowest BCUT2D eigenvalue weighted by Gasteiger charge is -2.06. The number of hydrogen-bond acceptors (Lipinski definition) is 4. The largest absolute Gasteiger partial charge is 0.268 e. The topological polar surface area (TPSA) is 58.7 Å². The molecule has 0 aliphatic heterocycles. The van der Waals surface area contributed by atoms with Gasteiger partial charge in [-0.25, -0.2) is 4.98 Å². The smallest absolute Gasteiger partial charge is 0.265 e. The van der Waals surface area contributed by atoms with E-state index in [1.165, 1.54) is 10.9 Å². The van der Waals surface area contributed by atoms with Gasteiger partial charge in [0, 0.05) is 4.90 Å². The Morgan fingerprint density at radius 1 is 1.10 bits per heavy atom. The molecule has 0 N–H and O–H groups in total. The molecule has 3 aromatic rings. The Morgan fingerprint density at radius 3 is 2.60 bits per heavy atom. The predicted octanol–water partition coefficient (Wildman–Crippen LogP) is 2.96. The highest BCUT2D eigenvalue weighted by atomic mass is 32.2. The van der Waals surface area contributed by atoms with Crippen molar-refractivity contribution in [3.63, 3.8) is 0 Å². The average molecular weight is 279 g/mol. The minimum atomic E-state index is -0.101. The van der Waals surface area contributed by atoms with Gasteiger partial charge in [-0.3, -0.25) is 9.36 Å². The Hall–Kier alpha value is -2.58. The van der Waals surface area contributed by atoms with E-state index < -0.39 is 0 Å². The molecule has 2 aromatic carbocycles. The fourth-order valence-electron chi connectivity index (χ4n) is 1.98. The minimum absolute atomic E-state index is 0.101. The van der Waals surface area contributed by atoms with E-state index in [2.05, 4.69) is 4.98 Å². The maximum Gasteiger partial charge on any atom is 0.265 e. The number of thiocyanates is 1. The third-order valence-corrected chi connectivity index (χ3v) is 3.54. The molecular formula is C15H9N3OS. The molecule has 0 atom stereocenters. The highest BCUT2D eigenvalue weighted by Gasteiger charge is 2.05. The molecule has 1 aromatic heterocycles. The van der Waals surface area contributed by atoms with Crippen molar-refractivity contribution >= 4 is 22.7 Å². The van der Waals surface area contributed by atoms with Gasteiger partial charge in [-0.05, 0) is 48.2 Å². The lowest BCUT2D eigenvalue weighted by molar-refractivity contribution is 0.961. The number of nitrogens with zero attached hydrogens (tertiary/aromatic N) is 3. The van der Waals surface area contributed by atoms with Crippen LogP contribution in [0.25, 0.3) is 16.6 Å². The third kappa shape index (κ3) is 2.17. The van der Waals surface area contributed by atoms with Crippen LogP contribution >= 0.6 is 11.8 Å². The molecule has 1 heterocycles. The van der Waals surface area contributed by atoms with Crippen LogP contribution in [0, 0.1) is 10.7 Å². The number of thioether (sulfide) groups is 1. The normalized spacial score (nSPS) is 10.3. The standard InChI is InChI=1S/C15H9N3OS/c16-9-20-12-7-5-11(6-8-12)18-10-17-14-4-2-1-3-13(14)15(18)19/h1-8,10H. The van der Waals surface area contributed by atoms with Gasteiger partial charge in [0.05, 0.1) is 16.6 Å². The van der Waals surface area contributed by atoms with Crippen LogP contribution in [0.1, 0.15) is 0 Å². The Bertz CT molecular complexity index is 863. The summed E-state index contributed by atoms with van der Waals surface area (Å²) >= 11 is 1.09.